The maximum atomic E-state index is 11.2. The molecule has 29 heavy (non-hydrogen) atoms. The van der Waals surface area contributed by atoms with Crippen molar-refractivity contribution in [2.24, 2.45) is 0 Å². The summed E-state index contributed by atoms with van der Waals surface area (Å²) in [6, 6.07) is 21.3. The van der Waals surface area contributed by atoms with E-state index in [4.69, 9.17) is 4.98 Å². The van der Waals surface area contributed by atoms with Crippen molar-refractivity contribution in [1.29, 1.82) is 0 Å². The number of non-ortho nitro benzene ring substituents is 1. The molecule has 0 unspecified atom stereocenters. The number of nitro benzene ring substituents is 1. The molecule has 0 fully saturated rings. The molecule has 2 aromatic heterocycles. The van der Waals surface area contributed by atoms with Crippen molar-refractivity contribution < 1.29 is 4.92 Å². The number of nitro groups is 1. The number of hydrogen-bond donors (Lipinski definition) is 2. The minimum absolute atomic E-state index is 0.0605. The van der Waals surface area contributed by atoms with Gasteiger partial charge in [0.05, 0.1) is 16.0 Å². The first-order valence-electron chi connectivity index (χ1n) is 9.26. The van der Waals surface area contributed by atoms with Crippen LogP contribution < -0.4 is 0 Å². The van der Waals surface area contributed by atoms with E-state index in [9.17, 15) is 10.1 Å². The van der Waals surface area contributed by atoms with Crippen LogP contribution in [0.1, 0.15) is 0 Å². The number of imidazole rings is 1. The van der Waals surface area contributed by atoms with Gasteiger partial charge in [-0.2, -0.15) is 0 Å². The molecule has 138 valence electrons. The molecule has 0 radical (unpaired) electrons. The molecule has 0 atom stereocenters. The zero-order valence-corrected chi connectivity index (χ0v) is 15.1. The molecular weight excluding hydrogens is 364 g/mol. The molecule has 0 saturated carbocycles. The number of aromatic amines is 2. The average Bonchev–Trinajstić information content (AvgIpc) is 3.38. The fraction of sp³-hybridized carbons (Fsp3) is 0. The lowest BCUT2D eigenvalue weighted by atomic mass is 10.0. The van der Waals surface area contributed by atoms with E-state index in [-0.39, 0.29) is 10.6 Å². The number of benzene rings is 4. The molecule has 6 rings (SSSR count). The fourth-order valence-electron chi connectivity index (χ4n) is 4.17. The van der Waals surface area contributed by atoms with Gasteiger partial charge in [0.2, 0.25) is 0 Å². The van der Waals surface area contributed by atoms with Crippen molar-refractivity contribution in [2.75, 3.05) is 0 Å². The second-order valence-corrected chi connectivity index (χ2v) is 7.09. The fourth-order valence-corrected chi connectivity index (χ4v) is 4.17. The van der Waals surface area contributed by atoms with Gasteiger partial charge in [-0.05, 0) is 16.8 Å². The van der Waals surface area contributed by atoms with Gasteiger partial charge in [-0.3, -0.25) is 10.1 Å². The zero-order chi connectivity index (χ0) is 19.5. The summed E-state index contributed by atoms with van der Waals surface area (Å²) in [4.78, 5) is 22.4. The molecular formula is C23H14N4O2. The Bertz CT molecular complexity index is 1520. The number of hydrogen-bond acceptors (Lipinski definition) is 3. The van der Waals surface area contributed by atoms with Gasteiger partial charge in [0.25, 0.3) is 5.69 Å². The van der Waals surface area contributed by atoms with E-state index in [0.717, 1.165) is 43.7 Å². The molecule has 0 spiro atoms. The van der Waals surface area contributed by atoms with Crippen LogP contribution in [0.5, 0.6) is 0 Å². The highest BCUT2D eigenvalue weighted by atomic mass is 16.6. The van der Waals surface area contributed by atoms with Gasteiger partial charge < -0.3 is 9.97 Å². The second kappa shape index (κ2) is 5.65. The third-order valence-electron chi connectivity index (χ3n) is 5.50. The van der Waals surface area contributed by atoms with E-state index in [2.05, 4.69) is 34.2 Å². The van der Waals surface area contributed by atoms with Crippen LogP contribution in [-0.2, 0) is 0 Å². The minimum atomic E-state index is -0.379. The largest absolute Gasteiger partial charge is 0.360 e. The summed E-state index contributed by atoms with van der Waals surface area (Å²) in [5, 5.41) is 16.5. The van der Waals surface area contributed by atoms with Gasteiger partial charge in [0.1, 0.15) is 5.82 Å². The van der Waals surface area contributed by atoms with Crippen LogP contribution >= 0.6 is 0 Å². The molecule has 4 aromatic carbocycles. The summed E-state index contributed by atoms with van der Waals surface area (Å²) < 4.78 is 0. The Morgan fingerprint density at radius 1 is 0.828 bits per heavy atom. The second-order valence-electron chi connectivity index (χ2n) is 7.09. The van der Waals surface area contributed by atoms with Gasteiger partial charge >= 0.3 is 0 Å². The molecule has 0 saturated heterocycles. The number of aromatic nitrogens is 3. The van der Waals surface area contributed by atoms with E-state index in [1.54, 1.807) is 12.1 Å². The highest BCUT2D eigenvalue weighted by Crippen LogP contribution is 2.37. The predicted octanol–water partition coefficient (Wildman–Crippen LogP) is 5.93. The van der Waals surface area contributed by atoms with Crippen molar-refractivity contribution >= 4 is 49.2 Å². The van der Waals surface area contributed by atoms with Gasteiger partial charge in [-0.15, -0.1) is 0 Å². The Labute approximate surface area is 164 Å². The summed E-state index contributed by atoms with van der Waals surface area (Å²) >= 11 is 0. The van der Waals surface area contributed by atoms with Crippen molar-refractivity contribution in [3.8, 4) is 11.4 Å². The third kappa shape index (κ3) is 2.20. The summed E-state index contributed by atoms with van der Waals surface area (Å²) in [7, 11) is 0. The number of H-pyrrole nitrogens is 2. The Balaban J connectivity index is 1.71. The lowest BCUT2D eigenvalue weighted by molar-refractivity contribution is -0.384. The quantitative estimate of drug-likeness (QED) is 0.222. The molecule has 0 aliphatic carbocycles. The average molecular weight is 378 g/mol. The van der Waals surface area contributed by atoms with Gasteiger partial charge in [0, 0.05) is 45.6 Å². The first-order chi connectivity index (χ1) is 14.2. The highest BCUT2D eigenvalue weighted by Gasteiger charge is 2.17. The molecule has 6 nitrogen and oxygen atoms in total. The van der Waals surface area contributed by atoms with Crippen LogP contribution in [0.3, 0.4) is 0 Å². The Morgan fingerprint density at radius 2 is 1.52 bits per heavy atom. The lowest BCUT2D eigenvalue weighted by Gasteiger charge is -2.05. The van der Waals surface area contributed by atoms with Gasteiger partial charge in [-0.1, -0.05) is 48.5 Å². The van der Waals surface area contributed by atoms with E-state index in [0.29, 0.717) is 5.82 Å². The maximum absolute atomic E-state index is 11.2. The molecule has 0 bridgehead atoms. The molecule has 6 aromatic rings. The minimum Gasteiger partial charge on any atom is -0.360 e. The molecule has 0 aliphatic heterocycles. The SMILES string of the molecule is O=[N+]([O-])c1ccc2[nH]cc(-c3nc4c5ccccc5c5ccccc5c4[nH]3)c2c1. The normalized spacial score (nSPS) is 11.7. The first-order valence-corrected chi connectivity index (χ1v) is 9.26. The van der Waals surface area contributed by atoms with Crippen LogP contribution in [0.25, 0.3) is 54.9 Å². The van der Waals surface area contributed by atoms with Crippen molar-refractivity contribution in [3.05, 3.63) is 83.0 Å². The van der Waals surface area contributed by atoms with Crippen molar-refractivity contribution in [2.45, 2.75) is 0 Å². The molecule has 0 aliphatic rings. The van der Waals surface area contributed by atoms with E-state index >= 15 is 0 Å². The number of nitrogens with zero attached hydrogens (tertiary/aromatic N) is 2. The van der Waals surface area contributed by atoms with Gasteiger partial charge in [0.15, 0.2) is 0 Å². The maximum Gasteiger partial charge on any atom is 0.270 e. The highest BCUT2D eigenvalue weighted by molar-refractivity contribution is 6.23. The van der Waals surface area contributed by atoms with Crippen LogP contribution in [0.4, 0.5) is 5.69 Å². The van der Waals surface area contributed by atoms with Crippen molar-refractivity contribution in [3.63, 3.8) is 0 Å². The van der Waals surface area contributed by atoms with E-state index < -0.39 is 0 Å². The summed E-state index contributed by atoms with van der Waals surface area (Å²) in [5.41, 5.74) is 3.57. The Kier molecular flexibility index (Phi) is 3.09. The molecule has 6 heteroatoms. The predicted molar refractivity (Wildman–Crippen MR) is 115 cm³/mol. The van der Waals surface area contributed by atoms with E-state index in [1.165, 1.54) is 11.5 Å². The summed E-state index contributed by atoms with van der Waals surface area (Å²) in [6.07, 6.45) is 1.84. The lowest BCUT2D eigenvalue weighted by Crippen LogP contribution is -1.87. The molecule has 2 N–H and O–H groups in total. The molecule has 2 heterocycles. The summed E-state index contributed by atoms with van der Waals surface area (Å²) in [5.74, 6) is 0.688. The topological polar surface area (TPSA) is 87.6 Å². The first kappa shape index (κ1) is 15.8. The van der Waals surface area contributed by atoms with Crippen LogP contribution in [-0.4, -0.2) is 19.9 Å². The molecule has 0 amide bonds. The zero-order valence-electron chi connectivity index (χ0n) is 15.1. The summed E-state index contributed by atoms with van der Waals surface area (Å²) in [6.45, 7) is 0. The smallest absolute Gasteiger partial charge is 0.270 e. The number of fused-ring (bicyclic) bond motifs is 7. The standard InChI is InChI=1S/C23H14N4O2/c28-27(29)13-9-10-20-18(11-13)19(12-24-20)23-25-21-16-7-3-1-5-14(16)15-6-2-4-8-17(15)22(21)26-23/h1-12,24H,(H,25,26). The van der Waals surface area contributed by atoms with Gasteiger partial charge in [-0.25, -0.2) is 4.98 Å². The van der Waals surface area contributed by atoms with Crippen LogP contribution in [0, 0.1) is 10.1 Å². The van der Waals surface area contributed by atoms with E-state index in [1.807, 2.05) is 30.5 Å². The third-order valence-corrected chi connectivity index (χ3v) is 5.50. The number of rotatable bonds is 2. The Hall–Kier alpha value is -4.19. The van der Waals surface area contributed by atoms with Crippen LogP contribution in [0.15, 0.2) is 72.9 Å². The van der Waals surface area contributed by atoms with Crippen LogP contribution in [0.2, 0.25) is 0 Å². The number of nitrogens with one attached hydrogen (secondary N) is 2. The Morgan fingerprint density at radius 3 is 2.28 bits per heavy atom. The van der Waals surface area contributed by atoms with Crippen molar-refractivity contribution in [1.82, 2.24) is 15.0 Å². The monoisotopic (exact) mass is 378 g/mol.